The molecule has 1 unspecified atom stereocenters. The van der Waals surface area contributed by atoms with E-state index < -0.39 is 11.4 Å². The Kier molecular flexibility index (Phi) is 2.86. The van der Waals surface area contributed by atoms with Gasteiger partial charge in [-0.25, -0.2) is 0 Å². The SMILES string of the molecule is CC1(C(=O)O)CCC[C@@]2(C)[C@H]1CC[C@@]13CC[C@H](CC[C@@H]12)C3. The van der Waals surface area contributed by atoms with Gasteiger partial charge in [0.15, 0.2) is 0 Å². The van der Waals surface area contributed by atoms with Gasteiger partial charge in [-0.1, -0.05) is 19.8 Å². The molecule has 0 aromatic carbocycles. The Morgan fingerprint density at radius 1 is 0.952 bits per heavy atom. The summed E-state index contributed by atoms with van der Waals surface area (Å²) in [5.74, 6) is 1.68. The minimum atomic E-state index is -0.533. The highest BCUT2D eigenvalue weighted by Gasteiger charge is 2.64. The van der Waals surface area contributed by atoms with Gasteiger partial charge in [-0.3, -0.25) is 4.79 Å². The molecular formula is C19H30O2. The third-order valence-electron chi connectivity index (χ3n) is 8.54. The summed E-state index contributed by atoms with van der Waals surface area (Å²) in [7, 11) is 0. The number of fused-ring (bicyclic) bond motifs is 3. The molecule has 6 atom stereocenters. The zero-order valence-corrected chi connectivity index (χ0v) is 13.7. The van der Waals surface area contributed by atoms with Gasteiger partial charge >= 0.3 is 5.97 Å². The molecule has 21 heavy (non-hydrogen) atoms. The van der Waals surface area contributed by atoms with Gasteiger partial charge in [-0.05, 0) is 86.9 Å². The average Bonchev–Trinajstić information content (AvgIpc) is 2.73. The van der Waals surface area contributed by atoms with Crippen molar-refractivity contribution in [1.82, 2.24) is 0 Å². The lowest BCUT2D eigenvalue weighted by Gasteiger charge is -2.63. The van der Waals surface area contributed by atoms with E-state index >= 15 is 0 Å². The molecule has 1 N–H and O–H groups in total. The zero-order chi connectivity index (χ0) is 14.9. The van der Waals surface area contributed by atoms with Crippen LogP contribution in [0.15, 0.2) is 0 Å². The summed E-state index contributed by atoms with van der Waals surface area (Å²) in [5.41, 5.74) is 0.425. The Hall–Kier alpha value is -0.530. The maximum absolute atomic E-state index is 12.0. The molecule has 4 saturated carbocycles. The first kappa shape index (κ1) is 14.1. The number of aliphatic carboxylic acids is 1. The van der Waals surface area contributed by atoms with E-state index in [1.165, 1.54) is 51.4 Å². The first-order chi connectivity index (χ1) is 9.91. The van der Waals surface area contributed by atoms with E-state index in [1.807, 2.05) is 0 Å². The Bertz CT molecular complexity index is 472. The van der Waals surface area contributed by atoms with Crippen LogP contribution in [0.4, 0.5) is 0 Å². The summed E-state index contributed by atoms with van der Waals surface area (Å²) in [4.78, 5) is 12.0. The molecule has 0 aromatic rings. The Balaban J connectivity index is 1.74. The van der Waals surface area contributed by atoms with Crippen LogP contribution in [-0.2, 0) is 4.79 Å². The Morgan fingerprint density at radius 2 is 1.71 bits per heavy atom. The number of carboxylic acids is 1. The third kappa shape index (κ3) is 1.68. The summed E-state index contributed by atoms with van der Waals surface area (Å²) < 4.78 is 0. The van der Waals surface area contributed by atoms with Gasteiger partial charge in [0.25, 0.3) is 0 Å². The molecule has 2 nitrogen and oxygen atoms in total. The molecule has 4 rings (SSSR count). The van der Waals surface area contributed by atoms with Crippen molar-refractivity contribution in [2.75, 3.05) is 0 Å². The maximum Gasteiger partial charge on any atom is 0.309 e. The predicted molar refractivity (Wildman–Crippen MR) is 82.9 cm³/mol. The van der Waals surface area contributed by atoms with Crippen LogP contribution < -0.4 is 0 Å². The molecule has 0 aromatic heterocycles. The smallest absolute Gasteiger partial charge is 0.309 e. The van der Waals surface area contributed by atoms with Gasteiger partial charge in [0.05, 0.1) is 5.41 Å². The molecule has 4 fully saturated rings. The topological polar surface area (TPSA) is 37.3 Å². The van der Waals surface area contributed by atoms with Gasteiger partial charge in [-0.15, -0.1) is 0 Å². The van der Waals surface area contributed by atoms with E-state index in [-0.39, 0.29) is 0 Å². The van der Waals surface area contributed by atoms with E-state index in [2.05, 4.69) is 13.8 Å². The van der Waals surface area contributed by atoms with Crippen molar-refractivity contribution in [3.63, 3.8) is 0 Å². The fraction of sp³-hybridized carbons (Fsp3) is 0.947. The van der Waals surface area contributed by atoms with Crippen LogP contribution in [-0.4, -0.2) is 11.1 Å². The zero-order valence-electron chi connectivity index (χ0n) is 13.7. The molecule has 118 valence electrons. The van der Waals surface area contributed by atoms with E-state index in [0.29, 0.717) is 16.7 Å². The van der Waals surface area contributed by atoms with E-state index in [4.69, 9.17) is 0 Å². The summed E-state index contributed by atoms with van der Waals surface area (Å²) in [6.45, 7) is 4.53. The minimum Gasteiger partial charge on any atom is -0.481 e. The van der Waals surface area contributed by atoms with E-state index in [1.54, 1.807) is 0 Å². The summed E-state index contributed by atoms with van der Waals surface area (Å²) in [6.07, 6.45) is 12.9. The van der Waals surface area contributed by atoms with Crippen LogP contribution in [0.25, 0.3) is 0 Å². The molecule has 4 aliphatic rings. The van der Waals surface area contributed by atoms with E-state index in [9.17, 15) is 9.90 Å². The minimum absolute atomic E-state index is 0.291. The number of carbonyl (C=O) groups is 1. The van der Waals surface area contributed by atoms with Crippen molar-refractivity contribution in [2.45, 2.75) is 78.1 Å². The second-order valence-corrected chi connectivity index (χ2v) is 9.27. The standard InChI is InChI=1S/C19H30O2/c1-17-8-3-9-18(2,16(20)21)14(17)7-11-19-10-6-13(12-19)4-5-15(17)19/h13-15H,3-12H2,1-2H3,(H,20,21)/t13-,14+,15+,17-,18?,19+/m0/s1. The molecule has 2 heteroatoms. The molecule has 0 aliphatic heterocycles. The molecule has 0 amide bonds. The van der Waals surface area contributed by atoms with Gasteiger partial charge < -0.3 is 5.11 Å². The molecule has 0 heterocycles. The second-order valence-electron chi connectivity index (χ2n) is 9.27. The van der Waals surface area contributed by atoms with Crippen molar-refractivity contribution in [3.05, 3.63) is 0 Å². The Morgan fingerprint density at radius 3 is 2.48 bits per heavy atom. The van der Waals surface area contributed by atoms with Gasteiger partial charge in [0, 0.05) is 0 Å². The summed E-state index contributed by atoms with van der Waals surface area (Å²) in [6, 6.07) is 0. The van der Waals surface area contributed by atoms with Crippen molar-refractivity contribution < 1.29 is 9.90 Å². The van der Waals surface area contributed by atoms with Crippen LogP contribution in [0.2, 0.25) is 0 Å². The van der Waals surface area contributed by atoms with Crippen molar-refractivity contribution in [1.29, 1.82) is 0 Å². The van der Waals surface area contributed by atoms with E-state index in [0.717, 1.165) is 24.7 Å². The fourth-order valence-electron chi connectivity index (χ4n) is 7.64. The third-order valence-corrected chi connectivity index (χ3v) is 8.54. The van der Waals surface area contributed by atoms with Gasteiger partial charge in [-0.2, -0.15) is 0 Å². The van der Waals surface area contributed by atoms with Gasteiger partial charge in [0.1, 0.15) is 0 Å². The van der Waals surface area contributed by atoms with Crippen LogP contribution in [0, 0.1) is 34.0 Å². The van der Waals surface area contributed by atoms with Crippen LogP contribution in [0.5, 0.6) is 0 Å². The highest BCUT2D eigenvalue weighted by molar-refractivity contribution is 5.75. The summed E-state index contributed by atoms with van der Waals surface area (Å²) >= 11 is 0. The van der Waals surface area contributed by atoms with Crippen molar-refractivity contribution in [3.8, 4) is 0 Å². The number of rotatable bonds is 1. The normalized spacial score (nSPS) is 55.6. The second kappa shape index (κ2) is 4.26. The lowest BCUT2D eigenvalue weighted by molar-refractivity contribution is -0.181. The number of hydrogen-bond donors (Lipinski definition) is 1. The number of hydrogen-bond acceptors (Lipinski definition) is 1. The monoisotopic (exact) mass is 290 g/mol. The van der Waals surface area contributed by atoms with Crippen molar-refractivity contribution in [2.24, 2.45) is 34.0 Å². The molecule has 2 bridgehead atoms. The molecular weight excluding hydrogens is 260 g/mol. The molecule has 0 saturated heterocycles. The largest absolute Gasteiger partial charge is 0.481 e. The highest BCUT2D eigenvalue weighted by Crippen LogP contribution is 2.71. The Labute approximate surface area is 128 Å². The van der Waals surface area contributed by atoms with Crippen LogP contribution in [0.1, 0.15) is 78.1 Å². The summed E-state index contributed by atoms with van der Waals surface area (Å²) in [5, 5.41) is 9.88. The fourth-order valence-corrected chi connectivity index (χ4v) is 7.64. The highest BCUT2D eigenvalue weighted by atomic mass is 16.4. The maximum atomic E-state index is 12.0. The average molecular weight is 290 g/mol. The predicted octanol–water partition coefficient (Wildman–Crippen LogP) is 4.87. The first-order valence-electron chi connectivity index (χ1n) is 9.14. The molecule has 4 aliphatic carbocycles. The van der Waals surface area contributed by atoms with Crippen molar-refractivity contribution >= 4 is 5.97 Å². The molecule has 0 radical (unpaired) electrons. The molecule has 1 spiro atoms. The lowest BCUT2D eigenvalue weighted by Crippen LogP contribution is -2.58. The van der Waals surface area contributed by atoms with Crippen LogP contribution in [0.3, 0.4) is 0 Å². The van der Waals surface area contributed by atoms with Crippen LogP contribution >= 0.6 is 0 Å². The lowest BCUT2D eigenvalue weighted by atomic mass is 9.41. The first-order valence-corrected chi connectivity index (χ1v) is 9.14. The number of carboxylic acid groups (broad SMARTS) is 1. The quantitative estimate of drug-likeness (QED) is 0.747. The van der Waals surface area contributed by atoms with Gasteiger partial charge in [0.2, 0.25) is 0 Å².